The van der Waals surface area contributed by atoms with Crippen LogP contribution in [0.25, 0.3) is 0 Å². The van der Waals surface area contributed by atoms with Crippen molar-refractivity contribution in [3.63, 3.8) is 0 Å². The topological polar surface area (TPSA) is 30.0 Å². The van der Waals surface area contributed by atoms with Crippen molar-refractivity contribution in [3.05, 3.63) is 29.1 Å². The van der Waals surface area contributed by atoms with Crippen LogP contribution >= 0.6 is 0 Å². The molecule has 2 heteroatoms. The van der Waals surface area contributed by atoms with E-state index in [9.17, 15) is 4.79 Å². The fourth-order valence-electron chi connectivity index (χ4n) is 2.45. The van der Waals surface area contributed by atoms with Crippen molar-refractivity contribution in [3.8, 4) is 0 Å². The molecule has 2 rings (SSSR count). The molecule has 1 aromatic rings. The number of nitrogens with zero attached hydrogens (tertiary/aromatic N) is 1. The maximum Gasteiger partial charge on any atom is 0.168 e. The second kappa shape index (κ2) is 4.56. The van der Waals surface area contributed by atoms with Crippen LogP contribution in [-0.2, 0) is 0 Å². The van der Waals surface area contributed by atoms with Crippen LogP contribution in [0.3, 0.4) is 0 Å². The van der Waals surface area contributed by atoms with Gasteiger partial charge in [0.05, 0.1) is 0 Å². The highest BCUT2D eigenvalue weighted by Gasteiger charge is 2.16. The number of aldehydes is 1. The van der Waals surface area contributed by atoms with E-state index in [0.717, 1.165) is 12.0 Å². The van der Waals surface area contributed by atoms with Crippen LogP contribution in [0.5, 0.6) is 0 Å². The Hall–Kier alpha value is -1.18. The Labute approximate surface area is 90.7 Å². The van der Waals surface area contributed by atoms with Gasteiger partial charge in [0.2, 0.25) is 0 Å². The molecule has 0 bridgehead atoms. The Kier molecular flexibility index (Phi) is 3.14. The lowest BCUT2D eigenvalue weighted by molar-refractivity contribution is 0.111. The lowest BCUT2D eigenvalue weighted by Crippen LogP contribution is -2.06. The van der Waals surface area contributed by atoms with Gasteiger partial charge in [0.25, 0.3) is 0 Å². The molecule has 0 saturated heterocycles. The third kappa shape index (κ3) is 2.44. The molecule has 0 amide bonds. The first kappa shape index (κ1) is 10.3. The van der Waals surface area contributed by atoms with Crippen molar-refractivity contribution in [2.75, 3.05) is 0 Å². The zero-order valence-electron chi connectivity index (χ0n) is 9.20. The van der Waals surface area contributed by atoms with Crippen LogP contribution in [0.15, 0.2) is 12.1 Å². The van der Waals surface area contributed by atoms with Crippen LogP contribution in [0, 0.1) is 6.92 Å². The molecule has 15 heavy (non-hydrogen) atoms. The van der Waals surface area contributed by atoms with E-state index >= 15 is 0 Å². The molecule has 2 nitrogen and oxygen atoms in total. The minimum Gasteiger partial charge on any atom is -0.296 e. The number of aryl methyl sites for hydroxylation is 1. The summed E-state index contributed by atoms with van der Waals surface area (Å²) in [5.74, 6) is 0.652. The Balaban J connectivity index is 2.25. The van der Waals surface area contributed by atoms with E-state index in [2.05, 4.69) is 11.1 Å². The average Bonchev–Trinajstić information content (AvgIpc) is 2.29. The van der Waals surface area contributed by atoms with Crippen LogP contribution in [0.1, 0.15) is 59.8 Å². The monoisotopic (exact) mass is 203 g/mol. The normalized spacial score (nSPS) is 17.7. The summed E-state index contributed by atoms with van der Waals surface area (Å²) in [7, 11) is 0. The van der Waals surface area contributed by atoms with Gasteiger partial charge in [-0.1, -0.05) is 19.3 Å². The van der Waals surface area contributed by atoms with Gasteiger partial charge in [-0.15, -0.1) is 0 Å². The highest BCUT2D eigenvalue weighted by Crippen LogP contribution is 2.32. The zero-order valence-corrected chi connectivity index (χ0v) is 9.20. The van der Waals surface area contributed by atoms with Crippen LogP contribution in [-0.4, -0.2) is 11.3 Å². The van der Waals surface area contributed by atoms with Gasteiger partial charge in [-0.25, -0.2) is 0 Å². The van der Waals surface area contributed by atoms with Crippen LogP contribution in [0.2, 0.25) is 0 Å². The van der Waals surface area contributed by atoms with Crippen molar-refractivity contribution >= 4 is 6.29 Å². The minimum absolute atomic E-state index is 0.579. The summed E-state index contributed by atoms with van der Waals surface area (Å²) < 4.78 is 0. The van der Waals surface area contributed by atoms with Crippen LogP contribution in [0.4, 0.5) is 0 Å². The molecule has 0 spiro atoms. The smallest absolute Gasteiger partial charge is 0.168 e. The molecule has 0 unspecified atom stereocenters. The number of hydrogen-bond donors (Lipinski definition) is 0. The number of rotatable bonds is 2. The maximum atomic E-state index is 10.7. The molecule has 0 N–H and O–H groups in total. The zero-order chi connectivity index (χ0) is 10.7. The van der Waals surface area contributed by atoms with Gasteiger partial charge in [0.15, 0.2) is 6.29 Å². The standard InChI is InChI=1S/C13H17NO/c1-10-7-12(8-13(9-15)14-10)11-5-3-2-4-6-11/h7-9,11H,2-6H2,1H3. The van der Waals surface area contributed by atoms with Gasteiger partial charge in [0.1, 0.15) is 5.69 Å². The Bertz CT molecular complexity index is 354. The first-order valence-corrected chi connectivity index (χ1v) is 5.73. The summed E-state index contributed by atoms with van der Waals surface area (Å²) in [6.07, 6.45) is 7.38. The quantitative estimate of drug-likeness (QED) is 0.690. The number of pyridine rings is 1. The first-order valence-electron chi connectivity index (χ1n) is 5.73. The van der Waals surface area contributed by atoms with E-state index in [1.54, 1.807) is 0 Å². The Morgan fingerprint density at radius 2 is 2.00 bits per heavy atom. The third-order valence-electron chi connectivity index (χ3n) is 3.19. The summed E-state index contributed by atoms with van der Waals surface area (Å²) in [6.45, 7) is 1.96. The molecule has 0 radical (unpaired) electrons. The highest BCUT2D eigenvalue weighted by molar-refractivity contribution is 5.72. The molecule has 80 valence electrons. The largest absolute Gasteiger partial charge is 0.296 e. The molecule has 1 aliphatic rings. The fraction of sp³-hybridized carbons (Fsp3) is 0.538. The molecule has 1 heterocycles. The SMILES string of the molecule is Cc1cc(C2CCCCC2)cc(C=O)n1. The van der Waals surface area contributed by atoms with Crippen LogP contribution < -0.4 is 0 Å². The van der Waals surface area contributed by atoms with E-state index in [0.29, 0.717) is 11.6 Å². The average molecular weight is 203 g/mol. The second-order valence-electron chi connectivity index (χ2n) is 4.42. The molecule has 0 aliphatic heterocycles. The number of carbonyl (C=O) groups excluding carboxylic acids is 1. The number of hydrogen-bond acceptors (Lipinski definition) is 2. The summed E-state index contributed by atoms with van der Waals surface area (Å²) >= 11 is 0. The first-order chi connectivity index (χ1) is 7.29. The van der Waals surface area contributed by atoms with Crippen molar-refractivity contribution in [1.82, 2.24) is 4.98 Å². The number of aromatic nitrogens is 1. The van der Waals surface area contributed by atoms with Gasteiger partial charge >= 0.3 is 0 Å². The van der Waals surface area contributed by atoms with Crippen molar-refractivity contribution in [2.45, 2.75) is 44.9 Å². The van der Waals surface area contributed by atoms with E-state index < -0.39 is 0 Å². The molecule has 0 aromatic carbocycles. The van der Waals surface area contributed by atoms with Gasteiger partial charge in [-0.05, 0) is 43.4 Å². The maximum absolute atomic E-state index is 10.7. The number of carbonyl (C=O) groups is 1. The van der Waals surface area contributed by atoms with Crippen molar-refractivity contribution in [1.29, 1.82) is 0 Å². The molecule has 0 atom stereocenters. The molecular weight excluding hydrogens is 186 g/mol. The van der Waals surface area contributed by atoms with E-state index in [4.69, 9.17) is 0 Å². The highest BCUT2D eigenvalue weighted by atomic mass is 16.1. The second-order valence-corrected chi connectivity index (χ2v) is 4.42. The Morgan fingerprint density at radius 3 is 2.67 bits per heavy atom. The van der Waals surface area contributed by atoms with E-state index in [1.807, 2.05) is 13.0 Å². The lowest BCUT2D eigenvalue weighted by atomic mass is 9.84. The van der Waals surface area contributed by atoms with Gasteiger partial charge in [-0.3, -0.25) is 9.78 Å². The summed E-state index contributed by atoms with van der Waals surface area (Å²) in [4.78, 5) is 14.9. The van der Waals surface area contributed by atoms with Gasteiger partial charge < -0.3 is 0 Å². The minimum atomic E-state index is 0.579. The van der Waals surface area contributed by atoms with Gasteiger partial charge in [0, 0.05) is 5.69 Å². The summed E-state index contributed by atoms with van der Waals surface area (Å²) in [5, 5.41) is 0. The lowest BCUT2D eigenvalue weighted by Gasteiger charge is -2.22. The molecule has 1 aromatic heterocycles. The molecule has 1 aliphatic carbocycles. The third-order valence-corrected chi connectivity index (χ3v) is 3.19. The molecule has 1 saturated carbocycles. The van der Waals surface area contributed by atoms with E-state index in [-0.39, 0.29) is 0 Å². The Morgan fingerprint density at radius 1 is 1.27 bits per heavy atom. The van der Waals surface area contributed by atoms with Crippen molar-refractivity contribution in [2.24, 2.45) is 0 Å². The fourth-order valence-corrected chi connectivity index (χ4v) is 2.45. The van der Waals surface area contributed by atoms with Crippen molar-refractivity contribution < 1.29 is 4.79 Å². The summed E-state index contributed by atoms with van der Waals surface area (Å²) in [6, 6.07) is 4.08. The van der Waals surface area contributed by atoms with E-state index in [1.165, 1.54) is 37.7 Å². The molecular formula is C13H17NO. The summed E-state index contributed by atoms with van der Waals surface area (Å²) in [5.41, 5.74) is 2.85. The predicted molar refractivity (Wildman–Crippen MR) is 60.2 cm³/mol. The predicted octanol–water partition coefficient (Wildman–Crippen LogP) is 3.25. The van der Waals surface area contributed by atoms with Gasteiger partial charge in [-0.2, -0.15) is 0 Å². The molecule has 1 fully saturated rings.